The Morgan fingerprint density at radius 2 is 1.83 bits per heavy atom. The van der Waals surface area contributed by atoms with Crippen molar-refractivity contribution in [3.8, 4) is 0 Å². The van der Waals surface area contributed by atoms with Gasteiger partial charge in [-0.15, -0.1) is 11.3 Å². The van der Waals surface area contributed by atoms with Crippen LogP contribution in [0.25, 0.3) is 0 Å². The highest BCUT2D eigenvalue weighted by Gasteiger charge is 2.16. The Labute approximate surface area is 147 Å². The zero-order valence-electron chi connectivity index (χ0n) is 14.0. The maximum absolute atomic E-state index is 12.2. The minimum Gasteiger partial charge on any atom is -0.347 e. The van der Waals surface area contributed by atoms with Crippen molar-refractivity contribution in [2.24, 2.45) is 0 Å². The van der Waals surface area contributed by atoms with Gasteiger partial charge < -0.3 is 5.32 Å². The number of carbonyl (C=O) groups excluding carboxylic acids is 1. The van der Waals surface area contributed by atoms with Crippen molar-refractivity contribution in [1.29, 1.82) is 0 Å². The van der Waals surface area contributed by atoms with E-state index in [-0.39, 0.29) is 17.7 Å². The molecule has 0 aliphatic rings. The molecule has 0 saturated carbocycles. The number of rotatable bonds is 7. The zero-order chi connectivity index (χ0) is 17.7. The van der Waals surface area contributed by atoms with Gasteiger partial charge in [0.2, 0.25) is 10.0 Å². The van der Waals surface area contributed by atoms with E-state index in [4.69, 9.17) is 0 Å². The van der Waals surface area contributed by atoms with Crippen LogP contribution in [0.1, 0.15) is 40.2 Å². The largest absolute Gasteiger partial charge is 0.347 e. The monoisotopic (exact) mass is 366 g/mol. The Morgan fingerprint density at radius 1 is 1.17 bits per heavy atom. The molecule has 0 fully saturated rings. The number of hydrogen-bond donors (Lipinski definition) is 2. The normalized spacial score (nSPS) is 11.7. The average Bonchev–Trinajstić information content (AvgIpc) is 2.90. The van der Waals surface area contributed by atoms with Crippen molar-refractivity contribution in [2.75, 3.05) is 0 Å². The lowest BCUT2D eigenvalue weighted by molar-refractivity contribution is 0.0954. The average molecular weight is 367 g/mol. The van der Waals surface area contributed by atoms with E-state index in [2.05, 4.69) is 10.0 Å². The summed E-state index contributed by atoms with van der Waals surface area (Å²) in [4.78, 5) is 12.9. The van der Waals surface area contributed by atoms with Crippen LogP contribution in [0.4, 0.5) is 0 Å². The molecule has 0 unspecified atom stereocenters. The lowest BCUT2D eigenvalue weighted by Gasteiger charge is -2.13. The Kier molecular flexibility index (Phi) is 6.15. The van der Waals surface area contributed by atoms with Crippen LogP contribution in [0.15, 0.2) is 35.7 Å². The molecule has 7 heteroatoms. The van der Waals surface area contributed by atoms with Crippen molar-refractivity contribution in [2.45, 2.75) is 39.1 Å². The highest BCUT2D eigenvalue weighted by atomic mass is 32.2. The fraction of sp³-hybridized carbons (Fsp3) is 0.353. The van der Waals surface area contributed by atoms with E-state index in [0.717, 1.165) is 11.1 Å². The molecule has 2 N–H and O–H groups in total. The first-order chi connectivity index (χ1) is 11.3. The van der Waals surface area contributed by atoms with Crippen LogP contribution < -0.4 is 10.0 Å². The minimum absolute atomic E-state index is 0.102. The molecule has 5 nitrogen and oxygen atoms in total. The second-order valence-electron chi connectivity index (χ2n) is 5.92. The topological polar surface area (TPSA) is 75.3 Å². The second-order valence-corrected chi connectivity index (χ2v) is 8.59. The molecule has 24 heavy (non-hydrogen) atoms. The molecular formula is C17H22N2O3S2. The highest BCUT2D eigenvalue weighted by molar-refractivity contribution is 7.88. The van der Waals surface area contributed by atoms with Crippen molar-refractivity contribution < 1.29 is 13.2 Å². The molecule has 1 amide bonds. The Bertz CT molecular complexity index is 811. The smallest absolute Gasteiger partial charge is 0.261 e. The molecule has 0 atom stereocenters. The van der Waals surface area contributed by atoms with E-state index in [9.17, 15) is 13.2 Å². The molecule has 130 valence electrons. The van der Waals surface area contributed by atoms with Gasteiger partial charge >= 0.3 is 0 Å². The van der Waals surface area contributed by atoms with Crippen LogP contribution in [0, 0.1) is 6.92 Å². The molecule has 0 aliphatic carbocycles. The SMILES string of the molecule is Cc1ccsc1C(=O)NCc1ccccc1CS(=O)(=O)NC(C)C. The van der Waals surface area contributed by atoms with E-state index < -0.39 is 10.0 Å². The first-order valence-electron chi connectivity index (χ1n) is 7.67. The molecule has 2 rings (SSSR count). The molecule has 0 bridgehead atoms. The van der Waals surface area contributed by atoms with Gasteiger partial charge in [0.1, 0.15) is 0 Å². The Hall–Kier alpha value is -1.70. The summed E-state index contributed by atoms with van der Waals surface area (Å²) < 4.78 is 26.8. The summed E-state index contributed by atoms with van der Waals surface area (Å²) in [5.74, 6) is -0.240. The zero-order valence-corrected chi connectivity index (χ0v) is 15.6. The molecular weight excluding hydrogens is 344 g/mol. The summed E-state index contributed by atoms with van der Waals surface area (Å²) >= 11 is 1.40. The van der Waals surface area contributed by atoms with E-state index >= 15 is 0 Å². The summed E-state index contributed by atoms with van der Waals surface area (Å²) in [5.41, 5.74) is 2.43. The predicted molar refractivity (Wildman–Crippen MR) is 97.6 cm³/mol. The molecule has 1 aromatic heterocycles. The van der Waals surface area contributed by atoms with Crippen molar-refractivity contribution in [3.05, 3.63) is 57.3 Å². The lowest BCUT2D eigenvalue weighted by Crippen LogP contribution is -2.31. The van der Waals surface area contributed by atoms with Gasteiger partial charge in [0.25, 0.3) is 5.91 Å². The molecule has 0 aliphatic heterocycles. The van der Waals surface area contributed by atoms with Gasteiger partial charge in [0, 0.05) is 12.6 Å². The summed E-state index contributed by atoms with van der Waals surface area (Å²) in [6, 6.07) is 9.00. The van der Waals surface area contributed by atoms with Crippen LogP contribution in [-0.2, 0) is 22.3 Å². The number of carbonyl (C=O) groups is 1. The first-order valence-corrected chi connectivity index (χ1v) is 10.2. The van der Waals surface area contributed by atoms with Gasteiger partial charge in [-0.05, 0) is 48.9 Å². The van der Waals surface area contributed by atoms with Crippen LogP contribution in [0.5, 0.6) is 0 Å². The summed E-state index contributed by atoms with van der Waals surface area (Å²) in [6.07, 6.45) is 0. The van der Waals surface area contributed by atoms with Gasteiger partial charge in [-0.3, -0.25) is 4.79 Å². The Balaban J connectivity index is 2.09. The number of sulfonamides is 1. The number of benzene rings is 1. The van der Waals surface area contributed by atoms with E-state index in [0.29, 0.717) is 17.0 Å². The van der Waals surface area contributed by atoms with Crippen molar-refractivity contribution >= 4 is 27.3 Å². The number of aryl methyl sites for hydroxylation is 1. The highest BCUT2D eigenvalue weighted by Crippen LogP contribution is 2.16. The summed E-state index contributed by atoms with van der Waals surface area (Å²) in [6.45, 7) is 5.76. The quantitative estimate of drug-likeness (QED) is 0.791. The lowest BCUT2D eigenvalue weighted by atomic mass is 10.1. The van der Waals surface area contributed by atoms with Crippen LogP contribution in [0.3, 0.4) is 0 Å². The van der Waals surface area contributed by atoms with Gasteiger partial charge in [-0.1, -0.05) is 24.3 Å². The third kappa shape index (κ3) is 5.15. The van der Waals surface area contributed by atoms with Gasteiger partial charge in [-0.25, -0.2) is 13.1 Å². The minimum atomic E-state index is -3.41. The molecule has 1 heterocycles. The number of nitrogens with one attached hydrogen (secondary N) is 2. The number of amides is 1. The molecule has 0 saturated heterocycles. The predicted octanol–water partition coefficient (Wildman–Crippen LogP) is 2.81. The molecule has 0 radical (unpaired) electrons. The van der Waals surface area contributed by atoms with Crippen LogP contribution in [0.2, 0.25) is 0 Å². The standard InChI is InChI=1S/C17H22N2O3S2/c1-12(2)19-24(21,22)11-15-7-5-4-6-14(15)10-18-17(20)16-13(3)8-9-23-16/h4-9,12,19H,10-11H2,1-3H3,(H,18,20). The van der Waals surface area contributed by atoms with Crippen LogP contribution >= 0.6 is 11.3 Å². The fourth-order valence-corrected chi connectivity index (χ4v) is 4.67. The first kappa shape index (κ1) is 18.6. The van der Waals surface area contributed by atoms with Crippen molar-refractivity contribution in [3.63, 3.8) is 0 Å². The Morgan fingerprint density at radius 3 is 2.42 bits per heavy atom. The third-order valence-corrected chi connectivity index (χ3v) is 5.92. The van der Waals surface area contributed by atoms with Gasteiger partial charge in [0.05, 0.1) is 10.6 Å². The molecule has 1 aromatic carbocycles. The second kappa shape index (κ2) is 7.92. The fourth-order valence-electron chi connectivity index (χ4n) is 2.34. The van der Waals surface area contributed by atoms with E-state index in [1.165, 1.54) is 11.3 Å². The van der Waals surface area contributed by atoms with Crippen LogP contribution in [-0.4, -0.2) is 20.4 Å². The molecule has 0 spiro atoms. The van der Waals surface area contributed by atoms with Gasteiger partial charge in [0.15, 0.2) is 0 Å². The van der Waals surface area contributed by atoms with Crippen molar-refractivity contribution in [1.82, 2.24) is 10.0 Å². The number of hydrogen-bond acceptors (Lipinski definition) is 4. The van der Waals surface area contributed by atoms with E-state index in [1.807, 2.05) is 30.5 Å². The summed E-state index contributed by atoms with van der Waals surface area (Å²) in [7, 11) is -3.41. The maximum atomic E-state index is 12.2. The third-order valence-electron chi connectivity index (χ3n) is 3.39. The summed E-state index contributed by atoms with van der Waals surface area (Å²) in [5, 5.41) is 4.74. The molecule has 2 aromatic rings. The number of thiophene rings is 1. The van der Waals surface area contributed by atoms with Gasteiger partial charge in [-0.2, -0.15) is 0 Å². The maximum Gasteiger partial charge on any atom is 0.261 e. The van der Waals surface area contributed by atoms with E-state index in [1.54, 1.807) is 26.0 Å².